The summed E-state index contributed by atoms with van der Waals surface area (Å²) in [6.45, 7) is 0. The molecule has 38 heavy (non-hydrogen) atoms. The maximum atomic E-state index is 4.97. The van der Waals surface area contributed by atoms with E-state index in [0.29, 0.717) is 17.6 Å². The van der Waals surface area contributed by atoms with Crippen LogP contribution in [0.5, 0.6) is 0 Å². The second kappa shape index (κ2) is 8.22. The van der Waals surface area contributed by atoms with Crippen molar-refractivity contribution >= 4 is 28.5 Å². The predicted molar refractivity (Wildman–Crippen MR) is 154 cm³/mol. The van der Waals surface area contributed by atoms with E-state index in [-0.39, 0.29) is 0 Å². The molecule has 0 unspecified atom stereocenters. The molecule has 1 aliphatic heterocycles. The molecule has 4 heteroatoms. The van der Waals surface area contributed by atoms with Gasteiger partial charge in [0.15, 0.2) is 11.6 Å². The second-order valence-corrected chi connectivity index (χ2v) is 9.73. The van der Waals surface area contributed by atoms with E-state index in [4.69, 9.17) is 15.0 Å². The maximum Gasteiger partial charge on any atom is 0.238 e. The molecule has 0 N–H and O–H groups in total. The summed E-state index contributed by atoms with van der Waals surface area (Å²) in [6, 6.07) is 37.9. The van der Waals surface area contributed by atoms with Gasteiger partial charge in [-0.1, -0.05) is 97.1 Å². The molecule has 0 atom stereocenters. The first kappa shape index (κ1) is 21.0. The van der Waals surface area contributed by atoms with Crippen LogP contribution < -0.4 is 4.90 Å². The van der Waals surface area contributed by atoms with Gasteiger partial charge >= 0.3 is 0 Å². The normalized spacial score (nSPS) is 13.0. The van der Waals surface area contributed by atoms with Crippen LogP contribution in [0.4, 0.5) is 11.6 Å². The number of fused-ring (bicyclic) bond motifs is 4. The molecule has 0 spiro atoms. The van der Waals surface area contributed by atoms with Crippen LogP contribution in [0.25, 0.3) is 50.8 Å². The number of benzene rings is 5. The van der Waals surface area contributed by atoms with Crippen LogP contribution in [0.1, 0.15) is 16.7 Å². The zero-order valence-corrected chi connectivity index (χ0v) is 20.5. The van der Waals surface area contributed by atoms with Gasteiger partial charge in [0.05, 0.1) is 5.69 Å². The van der Waals surface area contributed by atoms with E-state index < -0.39 is 0 Å². The van der Waals surface area contributed by atoms with Crippen molar-refractivity contribution < 1.29 is 0 Å². The molecule has 4 nitrogen and oxygen atoms in total. The number of anilines is 2. The summed E-state index contributed by atoms with van der Waals surface area (Å²) in [4.78, 5) is 16.9. The van der Waals surface area contributed by atoms with Gasteiger partial charge in [0, 0.05) is 22.7 Å². The highest BCUT2D eigenvalue weighted by Crippen LogP contribution is 2.46. The van der Waals surface area contributed by atoms with Gasteiger partial charge in [-0.3, -0.25) is 4.90 Å². The van der Waals surface area contributed by atoms with Gasteiger partial charge in [0.25, 0.3) is 0 Å². The van der Waals surface area contributed by atoms with Gasteiger partial charge in [0.1, 0.15) is 0 Å². The summed E-state index contributed by atoms with van der Waals surface area (Å²) in [5, 5.41) is 2.53. The highest BCUT2D eigenvalue weighted by atomic mass is 15.3. The van der Waals surface area contributed by atoms with E-state index >= 15 is 0 Å². The van der Waals surface area contributed by atoms with Crippen molar-refractivity contribution in [1.82, 2.24) is 15.0 Å². The van der Waals surface area contributed by atoms with Crippen molar-refractivity contribution in [2.24, 2.45) is 0 Å². The van der Waals surface area contributed by atoms with Crippen LogP contribution in [0.15, 0.2) is 115 Å². The highest BCUT2D eigenvalue weighted by Gasteiger charge is 2.26. The zero-order valence-electron chi connectivity index (χ0n) is 20.5. The van der Waals surface area contributed by atoms with E-state index in [1.165, 1.54) is 38.6 Å². The lowest BCUT2D eigenvalue weighted by Crippen LogP contribution is -2.16. The van der Waals surface area contributed by atoms with Crippen LogP contribution >= 0.6 is 0 Å². The second-order valence-electron chi connectivity index (χ2n) is 9.73. The van der Waals surface area contributed by atoms with Gasteiger partial charge in [-0.25, -0.2) is 4.98 Å². The van der Waals surface area contributed by atoms with E-state index in [0.717, 1.165) is 23.2 Å². The Morgan fingerprint density at radius 1 is 0.605 bits per heavy atom. The summed E-state index contributed by atoms with van der Waals surface area (Å²) >= 11 is 0. The number of aromatic nitrogens is 3. The lowest BCUT2D eigenvalue weighted by molar-refractivity contribution is 1.02. The Morgan fingerprint density at radius 2 is 1.29 bits per heavy atom. The van der Waals surface area contributed by atoms with Crippen LogP contribution in [-0.2, 0) is 6.42 Å². The van der Waals surface area contributed by atoms with Gasteiger partial charge in [-0.05, 0) is 57.8 Å². The maximum absolute atomic E-state index is 4.97. The van der Waals surface area contributed by atoms with Gasteiger partial charge < -0.3 is 0 Å². The van der Waals surface area contributed by atoms with Crippen molar-refractivity contribution in [1.29, 1.82) is 0 Å². The Morgan fingerprint density at radius 3 is 2.03 bits per heavy atom. The molecular weight excluding hydrogens is 464 g/mol. The van der Waals surface area contributed by atoms with E-state index in [2.05, 4.69) is 65.7 Å². The minimum atomic E-state index is 0.607. The fourth-order valence-electron chi connectivity index (χ4n) is 5.76. The summed E-state index contributed by atoms with van der Waals surface area (Å²) in [7, 11) is 0. The first-order valence-electron chi connectivity index (χ1n) is 12.8. The molecule has 0 radical (unpaired) electrons. The average molecular weight is 487 g/mol. The Bertz CT molecular complexity index is 1830. The lowest BCUT2D eigenvalue weighted by atomic mass is 9.92. The summed E-state index contributed by atoms with van der Waals surface area (Å²) in [5.74, 6) is 1.92. The summed E-state index contributed by atoms with van der Waals surface area (Å²) < 4.78 is 0. The van der Waals surface area contributed by atoms with Crippen LogP contribution in [0.3, 0.4) is 0 Å². The lowest BCUT2D eigenvalue weighted by Gasteiger charge is -2.26. The minimum Gasteiger partial charge on any atom is -0.285 e. The zero-order chi connectivity index (χ0) is 25.1. The Hall–Kier alpha value is -5.09. The quantitative estimate of drug-likeness (QED) is 0.253. The molecule has 6 aromatic rings. The van der Waals surface area contributed by atoms with Gasteiger partial charge in [-0.15, -0.1) is 0 Å². The molecule has 0 saturated carbocycles. The summed E-state index contributed by atoms with van der Waals surface area (Å²) in [5.41, 5.74) is 9.71. The smallest absolute Gasteiger partial charge is 0.238 e. The van der Waals surface area contributed by atoms with Crippen molar-refractivity contribution in [3.63, 3.8) is 0 Å². The monoisotopic (exact) mass is 486 g/mol. The Labute approximate surface area is 220 Å². The van der Waals surface area contributed by atoms with Crippen LogP contribution in [0.2, 0.25) is 0 Å². The van der Waals surface area contributed by atoms with Crippen molar-refractivity contribution in [2.75, 3.05) is 4.90 Å². The predicted octanol–water partition coefficient (Wildman–Crippen LogP) is 8.05. The third kappa shape index (κ3) is 3.20. The van der Waals surface area contributed by atoms with Crippen LogP contribution in [-0.4, -0.2) is 15.0 Å². The highest BCUT2D eigenvalue weighted by molar-refractivity contribution is 6.09. The molecule has 0 fully saturated rings. The fraction of sp³-hybridized carbons (Fsp3) is 0.0294. The molecule has 178 valence electrons. The SMILES string of the molecule is C1=CN(c2nc(-c3ccccc3)nc(-c3ccccc3)n2)c2cccc3c4c(cc1c23)-c1ccccc1C4. The molecule has 2 aliphatic rings. The van der Waals surface area contributed by atoms with E-state index in [9.17, 15) is 0 Å². The first-order valence-corrected chi connectivity index (χ1v) is 12.8. The molecule has 0 saturated heterocycles. The third-order valence-electron chi connectivity index (χ3n) is 7.52. The third-order valence-corrected chi connectivity index (χ3v) is 7.52. The Balaban J connectivity index is 1.33. The molecule has 2 heterocycles. The first-order chi connectivity index (χ1) is 18.8. The fourth-order valence-corrected chi connectivity index (χ4v) is 5.76. The molecular formula is C34H22N4. The van der Waals surface area contributed by atoms with Gasteiger partial charge in [-0.2, -0.15) is 9.97 Å². The number of nitrogens with zero attached hydrogens (tertiary/aromatic N) is 4. The largest absolute Gasteiger partial charge is 0.285 e. The number of rotatable bonds is 3. The molecule has 8 rings (SSSR count). The van der Waals surface area contributed by atoms with Crippen molar-refractivity contribution in [3.8, 4) is 33.9 Å². The van der Waals surface area contributed by atoms with E-state index in [1.807, 2.05) is 60.7 Å². The van der Waals surface area contributed by atoms with E-state index in [1.54, 1.807) is 0 Å². The topological polar surface area (TPSA) is 41.9 Å². The van der Waals surface area contributed by atoms with Crippen LogP contribution in [0, 0.1) is 0 Å². The minimum absolute atomic E-state index is 0.607. The Kier molecular flexibility index (Phi) is 4.55. The molecule has 0 bridgehead atoms. The number of hydrogen-bond acceptors (Lipinski definition) is 4. The summed E-state index contributed by atoms with van der Waals surface area (Å²) in [6.07, 6.45) is 5.23. The van der Waals surface area contributed by atoms with Crippen molar-refractivity contribution in [3.05, 3.63) is 132 Å². The average Bonchev–Trinajstić information content (AvgIpc) is 3.37. The molecule has 5 aromatic carbocycles. The van der Waals surface area contributed by atoms with Crippen molar-refractivity contribution in [2.45, 2.75) is 6.42 Å². The standard InChI is InChI=1S/C34H22N4/c1-3-10-22(11-4-1)32-35-33(23-12-5-2-6-13-23)37-34(36-32)38-19-18-25-21-28-26-15-8-7-14-24(26)20-29(28)27-16-9-17-30(38)31(25)27/h1-19,21H,20H2. The molecule has 0 amide bonds. The van der Waals surface area contributed by atoms with Gasteiger partial charge in [0.2, 0.25) is 5.95 Å². The molecule has 1 aliphatic carbocycles. The number of hydrogen-bond donors (Lipinski definition) is 0. The molecule has 1 aromatic heterocycles.